The highest BCUT2D eigenvalue weighted by atomic mass is 16.5. The van der Waals surface area contributed by atoms with Gasteiger partial charge in [-0.05, 0) is 40.8 Å². The van der Waals surface area contributed by atoms with Gasteiger partial charge >= 0.3 is 0 Å². The van der Waals surface area contributed by atoms with Gasteiger partial charge < -0.3 is 25.2 Å². The summed E-state index contributed by atoms with van der Waals surface area (Å²) in [6, 6.07) is -0.143. The minimum atomic E-state index is -0.196. The quantitative estimate of drug-likeness (QED) is 0.652. The summed E-state index contributed by atoms with van der Waals surface area (Å²) >= 11 is 0. The van der Waals surface area contributed by atoms with Crippen LogP contribution in [0, 0.1) is 0 Å². The predicted molar refractivity (Wildman–Crippen MR) is 134 cm³/mol. The third-order valence-electron chi connectivity index (χ3n) is 7.60. The SMILES string of the molecule is CC(C(=O)N1CC[C@](C)(N2CCc3c(-c4cnc(N)nc4)nc(N4CCOCC4)nc32)C1)N(C)C. The van der Waals surface area contributed by atoms with E-state index >= 15 is 0 Å². The molecule has 2 fully saturated rings. The molecule has 5 rings (SSSR count). The summed E-state index contributed by atoms with van der Waals surface area (Å²) in [4.78, 5) is 40.1. The molecule has 2 saturated heterocycles. The Balaban J connectivity index is 1.50. The number of fused-ring (bicyclic) bond motifs is 1. The van der Waals surface area contributed by atoms with E-state index in [0.717, 1.165) is 61.7 Å². The molecule has 5 heterocycles. The van der Waals surface area contributed by atoms with E-state index in [1.807, 2.05) is 30.8 Å². The number of morpholine rings is 1. The van der Waals surface area contributed by atoms with Gasteiger partial charge in [0.05, 0.1) is 30.5 Å². The van der Waals surface area contributed by atoms with Crippen molar-refractivity contribution in [2.45, 2.75) is 38.3 Å². The van der Waals surface area contributed by atoms with Crippen molar-refractivity contribution in [2.75, 3.05) is 75.6 Å². The molecule has 0 saturated carbocycles. The van der Waals surface area contributed by atoms with E-state index in [4.69, 9.17) is 20.4 Å². The summed E-state index contributed by atoms with van der Waals surface area (Å²) in [7, 11) is 3.89. The van der Waals surface area contributed by atoms with E-state index in [2.05, 4.69) is 26.7 Å². The third kappa shape index (κ3) is 4.38. The maximum atomic E-state index is 13.1. The van der Waals surface area contributed by atoms with Crippen molar-refractivity contribution in [1.29, 1.82) is 0 Å². The van der Waals surface area contributed by atoms with Crippen LogP contribution in [-0.2, 0) is 16.0 Å². The summed E-state index contributed by atoms with van der Waals surface area (Å²) in [6.45, 7) is 9.29. The van der Waals surface area contributed by atoms with Gasteiger partial charge in [0.25, 0.3) is 0 Å². The molecule has 0 aliphatic carbocycles. The van der Waals surface area contributed by atoms with Crippen molar-refractivity contribution in [3.63, 3.8) is 0 Å². The summed E-state index contributed by atoms with van der Waals surface area (Å²) in [6.07, 6.45) is 5.19. The van der Waals surface area contributed by atoms with Crippen molar-refractivity contribution in [2.24, 2.45) is 0 Å². The fourth-order valence-corrected chi connectivity index (χ4v) is 5.21. The second-order valence-corrected chi connectivity index (χ2v) is 10.2. The van der Waals surface area contributed by atoms with Crippen LogP contribution in [0.2, 0.25) is 0 Å². The van der Waals surface area contributed by atoms with Crippen molar-refractivity contribution >= 4 is 23.6 Å². The molecular weight excluding hydrogens is 446 g/mol. The Bertz CT molecular complexity index is 1090. The highest BCUT2D eigenvalue weighted by Gasteiger charge is 2.45. The molecule has 0 radical (unpaired) electrons. The van der Waals surface area contributed by atoms with Crippen LogP contribution in [0.15, 0.2) is 12.4 Å². The largest absolute Gasteiger partial charge is 0.378 e. The molecule has 2 atom stereocenters. The fourth-order valence-electron chi connectivity index (χ4n) is 5.21. The average Bonchev–Trinajstić information content (AvgIpc) is 3.48. The summed E-state index contributed by atoms with van der Waals surface area (Å²) < 4.78 is 5.55. The van der Waals surface area contributed by atoms with Crippen molar-refractivity contribution in [1.82, 2.24) is 29.7 Å². The van der Waals surface area contributed by atoms with Gasteiger partial charge in [-0.3, -0.25) is 9.69 Å². The molecular formula is C24H35N9O2. The molecule has 2 aromatic rings. The number of rotatable bonds is 5. The summed E-state index contributed by atoms with van der Waals surface area (Å²) in [5.74, 6) is 2.06. The first-order valence-electron chi connectivity index (χ1n) is 12.3. The maximum absolute atomic E-state index is 13.1. The number of hydrogen-bond donors (Lipinski definition) is 1. The molecule has 35 heavy (non-hydrogen) atoms. The number of aromatic nitrogens is 4. The molecule has 1 amide bonds. The molecule has 1 unspecified atom stereocenters. The summed E-state index contributed by atoms with van der Waals surface area (Å²) in [5, 5.41) is 0. The molecule has 2 aromatic heterocycles. The van der Waals surface area contributed by atoms with Gasteiger partial charge in [0.1, 0.15) is 5.82 Å². The Labute approximate surface area is 206 Å². The molecule has 2 N–H and O–H groups in total. The van der Waals surface area contributed by atoms with E-state index in [0.29, 0.717) is 25.7 Å². The fraction of sp³-hybridized carbons (Fsp3) is 0.625. The number of anilines is 3. The number of likely N-dealkylation sites (tertiary alicyclic amines) is 1. The van der Waals surface area contributed by atoms with Gasteiger partial charge in [0.15, 0.2) is 0 Å². The van der Waals surface area contributed by atoms with Gasteiger partial charge in [-0.25, -0.2) is 15.0 Å². The standard InChI is InChI=1S/C24H35N9O2/c1-16(30(3)4)21(34)32-8-6-24(2,15-32)33-7-5-18-19(17-13-26-22(25)27-14-17)28-23(29-20(18)33)31-9-11-35-12-10-31/h13-14,16H,5-12,15H2,1-4H3,(H2,25,26,27)/t16?,24-/m0/s1. The maximum Gasteiger partial charge on any atom is 0.239 e. The highest BCUT2D eigenvalue weighted by molar-refractivity contribution is 5.82. The smallest absolute Gasteiger partial charge is 0.239 e. The van der Waals surface area contributed by atoms with Gasteiger partial charge in [0.2, 0.25) is 17.8 Å². The van der Waals surface area contributed by atoms with Crippen LogP contribution < -0.4 is 15.5 Å². The molecule has 11 heteroatoms. The van der Waals surface area contributed by atoms with Crippen molar-refractivity contribution in [3.05, 3.63) is 18.0 Å². The second-order valence-electron chi connectivity index (χ2n) is 10.2. The van der Waals surface area contributed by atoms with Crippen LogP contribution in [0.25, 0.3) is 11.3 Å². The molecule has 0 aromatic carbocycles. The highest BCUT2D eigenvalue weighted by Crippen LogP contribution is 2.41. The third-order valence-corrected chi connectivity index (χ3v) is 7.60. The lowest BCUT2D eigenvalue weighted by molar-refractivity contribution is -0.134. The first kappa shape index (κ1) is 23.7. The number of nitrogens with two attached hydrogens (primary N) is 1. The summed E-state index contributed by atoms with van der Waals surface area (Å²) in [5.41, 5.74) is 8.34. The first-order valence-corrected chi connectivity index (χ1v) is 12.3. The van der Waals surface area contributed by atoms with Gasteiger partial charge in [0, 0.05) is 56.2 Å². The van der Waals surface area contributed by atoms with Gasteiger partial charge in [-0.15, -0.1) is 0 Å². The minimum Gasteiger partial charge on any atom is -0.378 e. The lowest BCUT2D eigenvalue weighted by atomic mass is 9.99. The Morgan fingerprint density at radius 3 is 2.54 bits per heavy atom. The first-order chi connectivity index (χ1) is 16.8. The lowest BCUT2D eigenvalue weighted by Gasteiger charge is -2.37. The number of carbonyl (C=O) groups excluding carboxylic acids is 1. The van der Waals surface area contributed by atoms with Crippen LogP contribution in [0.1, 0.15) is 25.8 Å². The van der Waals surface area contributed by atoms with E-state index in [9.17, 15) is 4.79 Å². The Hall–Kier alpha value is -3.05. The number of likely N-dealkylation sites (N-methyl/N-ethyl adjacent to an activating group) is 1. The predicted octanol–water partition coefficient (Wildman–Crippen LogP) is 0.656. The van der Waals surface area contributed by atoms with Gasteiger partial charge in [-0.1, -0.05) is 0 Å². The molecule has 0 spiro atoms. The zero-order valence-electron chi connectivity index (χ0n) is 21.1. The van der Waals surface area contributed by atoms with Crippen LogP contribution in [0.4, 0.5) is 17.7 Å². The number of hydrogen-bond acceptors (Lipinski definition) is 10. The molecule has 3 aliphatic rings. The van der Waals surface area contributed by atoms with Crippen molar-refractivity contribution < 1.29 is 9.53 Å². The van der Waals surface area contributed by atoms with E-state index in [1.54, 1.807) is 12.4 Å². The minimum absolute atomic E-state index is 0.143. The Morgan fingerprint density at radius 2 is 1.86 bits per heavy atom. The number of nitrogens with zero attached hydrogens (tertiary/aromatic N) is 8. The number of carbonyl (C=O) groups is 1. The van der Waals surface area contributed by atoms with Gasteiger partial charge in [-0.2, -0.15) is 4.98 Å². The Morgan fingerprint density at radius 1 is 1.14 bits per heavy atom. The zero-order chi connectivity index (χ0) is 24.7. The van der Waals surface area contributed by atoms with E-state index < -0.39 is 0 Å². The molecule has 11 nitrogen and oxygen atoms in total. The molecule has 3 aliphatic heterocycles. The van der Waals surface area contributed by atoms with Crippen LogP contribution >= 0.6 is 0 Å². The lowest BCUT2D eigenvalue weighted by Crippen LogP contribution is -2.50. The van der Waals surface area contributed by atoms with Crippen LogP contribution in [-0.4, -0.2) is 107 Å². The number of amides is 1. The topological polar surface area (TPSA) is 117 Å². The second kappa shape index (κ2) is 9.19. The Kier molecular flexibility index (Phi) is 6.22. The van der Waals surface area contributed by atoms with E-state index in [-0.39, 0.29) is 23.4 Å². The van der Waals surface area contributed by atoms with Crippen LogP contribution in [0.3, 0.4) is 0 Å². The normalized spacial score (nSPS) is 23.2. The monoisotopic (exact) mass is 481 g/mol. The van der Waals surface area contributed by atoms with E-state index in [1.165, 1.54) is 0 Å². The molecule has 188 valence electrons. The molecule has 0 bridgehead atoms. The average molecular weight is 482 g/mol. The zero-order valence-corrected chi connectivity index (χ0v) is 21.1. The number of ether oxygens (including phenoxy) is 1. The van der Waals surface area contributed by atoms with Crippen LogP contribution in [0.5, 0.6) is 0 Å². The van der Waals surface area contributed by atoms with Crippen molar-refractivity contribution in [3.8, 4) is 11.3 Å². The number of nitrogen functional groups attached to an aromatic ring is 1.